The van der Waals surface area contributed by atoms with E-state index in [0.717, 1.165) is 6.42 Å². The van der Waals surface area contributed by atoms with Crippen LogP contribution in [0.1, 0.15) is 29.4 Å². The largest absolute Gasteiger partial charge is 0.484 e. The van der Waals surface area contributed by atoms with Gasteiger partial charge >= 0.3 is 5.97 Å². The second kappa shape index (κ2) is 8.16. The zero-order chi connectivity index (χ0) is 16.9. The van der Waals surface area contributed by atoms with Gasteiger partial charge in [-0.3, -0.25) is 4.79 Å². The summed E-state index contributed by atoms with van der Waals surface area (Å²) >= 11 is 3.93. The molecule has 0 spiro atoms. The molecule has 5 nitrogen and oxygen atoms in total. The average Bonchev–Trinajstić information content (AvgIpc) is 3.11. The second-order valence-corrected chi connectivity index (χ2v) is 8.59. The predicted octanol–water partition coefficient (Wildman–Crippen LogP) is 3.01. The van der Waals surface area contributed by atoms with E-state index in [-0.39, 0.29) is 12.5 Å². The van der Waals surface area contributed by atoms with Crippen molar-refractivity contribution in [3.63, 3.8) is 0 Å². The van der Waals surface area contributed by atoms with Gasteiger partial charge in [0.1, 0.15) is 11.8 Å². The molecule has 0 saturated carbocycles. The number of thioether (sulfide) groups is 2. The Morgan fingerprint density at radius 1 is 1.17 bits per heavy atom. The molecule has 0 aromatic heterocycles. The van der Waals surface area contributed by atoms with Crippen LogP contribution in [-0.2, 0) is 9.59 Å². The minimum atomic E-state index is -0.937. The van der Waals surface area contributed by atoms with Crippen LogP contribution in [0.4, 0.5) is 0 Å². The SMILES string of the molecule is O=C(O)C1CCCN1C(=O)COc1ccc(C2SCCCS2)cc1. The van der Waals surface area contributed by atoms with E-state index >= 15 is 0 Å². The number of carbonyl (C=O) groups is 2. The Morgan fingerprint density at radius 2 is 1.88 bits per heavy atom. The normalized spacial score (nSPS) is 21.7. The lowest BCUT2D eigenvalue weighted by Gasteiger charge is -2.22. The molecular weight excluding hydrogens is 346 g/mol. The van der Waals surface area contributed by atoms with Crippen LogP contribution in [0.3, 0.4) is 0 Å². The van der Waals surface area contributed by atoms with Gasteiger partial charge in [-0.05, 0) is 48.5 Å². The molecule has 2 aliphatic rings. The van der Waals surface area contributed by atoms with E-state index in [0.29, 0.717) is 23.3 Å². The quantitative estimate of drug-likeness (QED) is 0.863. The standard InChI is InChI=1S/C17H21NO4S2/c19-15(18-8-1-3-14(18)16(20)21)11-22-13-6-4-12(5-7-13)17-23-9-2-10-24-17/h4-7,14,17H,1-3,8-11H2,(H,20,21). The van der Waals surface area contributed by atoms with Crippen molar-refractivity contribution in [2.24, 2.45) is 0 Å². The van der Waals surface area contributed by atoms with Gasteiger partial charge in [0.2, 0.25) is 0 Å². The van der Waals surface area contributed by atoms with Crippen molar-refractivity contribution in [2.75, 3.05) is 24.7 Å². The molecule has 24 heavy (non-hydrogen) atoms. The number of amides is 1. The van der Waals surface area contributed by atoms with Crippen LogP contribution in [0.5, 0.6) is 5.75 Å². The number of hydrogen-bond acceptors (Lipinski definition) is 5. The number of carboxylic acid groups (broad SMARTS) is 1. The van der Waals surface area contributed by atoms with E-state index in [4.69, 9.17) is 9.84 Å². The van der Waals surface area contributed by atoms with Crippen molar-refractivity contribution in [3.05, 3.63) is 29.8 Å². The van der Waals surface area contributed by atoms with Crippen LogP contribution >= 0.6 is 23.5 Å². The van der Waals surface area contributed by atoms with Crippen LogP contribution in [0.15, 0.2) is 24.3 Å². The van der Waals surface area contributed by atoms with Crippen molar-refractivity contribution in [2.45, 2.75) is 29.9 Å². The zero-order valence-electron chi connectivity index (χ0n) is 13.3. The number of rotatable bonds is 5. The number of hydrogen-bond donors (Lipinski definition) is 1. The fourth-order valence-electron chi connectivity index (χ4n) is 2.95. The zero-order valence-corrected chi connectivity index (χ0v) is 15.0. The van der Waals surface area contributed by atoms with Gasteiger partial charge in [0.05, 0.1) is 4.58 Å². The van der Waals surface area contributed by atoms with Gasteiger partial charge in [0, 0.05) is 6.54 Å². The summed E-state index contributed by atoms with van der Waals surface area (Å²) in [5, 5.41) is 9.13. The highest BCUT2D eigenvalue weighted by atomic mass is 32.2. The van der Waals surface area contributed by atoms with E-state index in [1.54, 1.807) is 0 Å². The number of likely N-dealkylation sites (tertiary alicyclic amines) is 1. The Kier molecular flexibility index (Phi) is 5.94. The minimum Gasteiger partial charge on any atom is -0.484 e. The van der Waals surface area contributed by atoms with Gasteiger partial charge in [0.25, 0.3) is 5.91 Å². The first-order chi connectivity index (χ1) is 11.6. The molecule has 1 atom stereocenters. The fourth-order valence-corrected chi connectivity index (χ4v) is 5.85. The summed E-state index contributed by atoms with van der Waals surface area (Å²) in [6, 6.07) is 7.16. The molecule has 2 heterocycles. The third-order valence-corrected chi connectivity index (χ3v) is 7.21. The van der Waals surface area contributed by atoms with E-state index in [1.165, 1.54) is 28.4 Å². The first-order valence-corrected chi connectivity index (χ1v) is 10.2. The molecule has 1 N–H and O–H groups in total. The molecule has 0 radical (unpaired) electrons. The lowest BCUT2D eigenvalue weighted by molar-refractivity contribution is -0.148. The Labute approximate surface area is 150 Å². The van der Waals surface area contributed by atoms with Crippen molar-refractivity contribution in [1.82, 2.24) is 4.90 Å². The summed E-state index contributed by atoms with van der Waals surface area (Å²) < 4.78 is 6.03. The summed E-state index contributed by atoms with van der Waals surface area (Å²) in [4.78, 5) is 24.7. The Balaban J connectivity index is 1.52. The first kappa shape index (κ1) is 17.5. The van der Waals surface area contributed by atoms with Crippen LogP contribution in [0.2, 0.25) is 0 Å². The maximum atomic E-state index is 12.2. The Morgan fingerprint density at radius 3 is 2.54 bits per heavy atom. The lowest BCUT2D eigenvalue weighted by atomic mass is 10.2. The number of aliphatic carboxylic acids is 1. The van der Waals surface area contributed by atoms with Crippen molar-refractivity contribution >= 4 is 35.4 Å². The number of ether oxygens (including phenoxy) is 1. The second-order valence-electron chi connectivity index (χ2n) is 5.87. The molecule has 0 aliphatic carbocycles. The van der Waals surface area contributed by atoms with E-state index in [2.05, 4.69) is 0 Å². The number of benzene rings is 1. The smallest absolute Gasteiger partial charge is 0.326 e. The molecule has 1 aromatic carbocycles. The summed E-state index contributed by atoms with van der Waals surface area (Å²) in [6.07, 6.45) is 2.52. The lowest BCUT2D eigenvalue weighted by Crippen LogP contribution is -2.42. The van der Waals surface area contributed by atoms with Crippen molar-refractivity contribution in [3.8, 4) is 5.75 Å². The fraction of sp³-hybridized carbons (Fsp3) is 0.529. The Bertz CT molecular complexity index is 587. The maximum Gasteiger partial charge on any atom is 0.326 e. The molecule has 2 fully saturated rings. The molecule has 130 valence electrons. The topological polar surface area (TPSA) is 66.8 Å². The highest BCUT2D eigenvalue weighted by Crippen LogP contribution is 2.43. The van der Waals surface area contributed by atoms with Gasteiger partial charge < -0.3 is 14.7 Å². The van der Waals surface area contributed by atoms with E-state index in [1.807, 2.05) is 47.8 Å². The van der Waals surface area contributed by atoms with E-state index in [9.17, 15) is 9.59 Å². The van der Waals surface area contributed by atoms with Gasteiger partial charge in [-0.2, -0.15) is 0 Å². The minimum absolute atomic E-state index is 0.115. The molecule has 1 aromatic rings. The van der Waals surface area contributed by atoms with Crippen LogP contribution < -0.4 is 4.74 Å². The monoisotopic (exact) mass is 367 g/mol. The molecular formula is C17H21NO4S2. The molecule has 1 unspecified atom stereocenters. The summed E-state index contributed by atoms with van der Waals surface area (Å²) in [6.45, 7) is 0.379. The molecule has 3 rings (SSSR count). The number of carbonyl (C=O) groups excluding carboxylic acids is 1. The molecule has 1 amide bonds. The maximum absolute atomic E-state index is 12.2. The number of carboxylic acids is 1. The summed E-state index contributed by atoms with van der Waals surface area (Å²) in [5.74, 6) is 1.84. The summed E-state index contributed by atoms with van der Waals surface area (Å²) in [5.41, 5.74) is 1.27. The van der Waals surface area contributed by atoms with Gasteiger partial charge in [-0.25, -0.2) is 4.79 Å². The van der Waals surface area contributed by atoms with Crippen molar-refractivity contribution in [1.29, 1.82) is 0 Å². The molecule has 7 heteroatoms. The highest BCUT2D eigenvalue weighted by molar-refractivity contribution is 8.16. The molecule has 2 saturated heterocycles. The number of nitrogens with zero attached hydrogens (tertiary/aromatic N) is 1. The first-order valence-electron chi connectivity index (χ1n) is 8.13. The van der Waals surface area contributed by atoms with Crippen LogP contribution in [0, 0.1) is 0 Å². The van der Waals surface area contributed by atoms with Gasteiger partial charge in [-0.1, -0.05) is 12.1 Å². The van der Waals surface area contributed by atoms with Gasteiger partial charge in [0.15, 0.2) is 6.61 Å². The third-order valence-electron chi connectivity index (χ3n) is 4.20. The molecule has 2 aliphatic heterocycles. The predicted molar refractivity (Wildman–Crippen MR) is 96.6 cm³/mol. The third kappa shape index (κ3) is 4.19. The summed E-state index contributed by atoms with van der Waals surface area (Å²) in [7, 11) is 0. The average molecular weight is 367 g/mol. The van der Waals surface area contributed by atoms with Gasteiger partial charge in [-0.15, -0.1) is 23.5 Å². The van der Waals surface area contributed by atoms with E-state index < -0.39 is 12.0 Å². The molecule has 0 bridgehead atoms. The Hall–Kier alpha value is -1.34. The van der Waals surface area contributed by atoms with Crippen LogP contribution in [0.25, 0.3) is 0 Å². The van der Waals surface area contributed by atoms with Crippen LogP contribution in [-0.4, -0.2) is 52.6 Å². The van der Waals surface area contributed by atoms with Crippen molar-refractivity contribution < 1.29 is 19.4 Å². The highest BCUT2D eigenvalue weighted by Gasteiger charge is 2.33.